The predicted molar refractivity (Wildman–Crippen MR) is 70.7 cm³/mol. The van der Waals surface area contributed by atoms with Crippen LogP contribution in [-0.4, -0.2) is 6.54 Å². The second-order valence-electron chi connectivity index (χ2n) is 4.13. The Bertz CT molecular complexity index is 550. The van der Waals surface area contributed by atoms with Crippen LogP contribution in [0.4, 0.5) is 4.39 Å². The Balaban J connectivity index is 2.56. The first-order chi connectivity index (χ1) is 8.04. The fourth-order valence-electron chi connectivity index (χ4n) is 2.05. The Morgan fingerprint density at radius 3 is 2.82 bits per heavy atom. The van der Waals surface area contributed by atoms with E-state index >= 15 is 0 Å². The van der Waals surface area contributed by atoms with Crippen LogP contribution in [0.2, 0.25) is 0 Å². The largest absolute Gasteiger partial charge is 0.459 e. The van der Waals surface area contributed by atoms with Gasteiger partial charge in [0.2, 0.25) is 0 Å². The summed E-state index contributed by atoms with van der Waals surface area (Å²) in [5.74, 6) is 0.577. The number of aryl methyl sites for hydroxylation is 1. The first-order valence-corrected chi connectivity index (χ1v) is 6.45. The molecule has 0 amide bonds. The summed E-state index contributed by atoms with van der Waals surface area (Å²) < 4.78 is 19.6. The molecule has 0 saturated heterocycles. The minimum Gasteiger partial charge on any atom is -0.459 e. The molecule has 0 aliphatic carbocycles. The lowest BCUT2D eigenvalue weighted by Gasteiger charge is -2.09. The van der Waals surface area contributed by atoms with E-state index in [1.54, 1.807) is 6.07 Å². The number of rotatable bonds is 3. The summed E-state index contributed by atoms with van der Waals surface area (Å²) in [6.07, 6.45) is 0. The molecule has 0 bridgehead atoms. The molecule has 4 heteroatoms. The van der Waals surface area contributed by atoms with E-state index in [9.17, 15) is 4.39 Å². The fraction of sp³-hybridized carbons (Fsp3) is 0.385. The SMILES string of the molecule is CCNC(C)c1oc2cc(F)c(Br)cc2c1C. The van der Waals surface area contributed by atoms with E-state index in [0.29, 0.717) is 10.1 Å². The molecule has 0 spiro atoms. The van der Waals surface area contributed by atoms with Crippen molar-refractivity contribution in [1.29, 1.82) is 0 Å². The van der Waals surface area contributed by atoms with Gasteiger partial charge in [0, 0.05) is 17.0 Å². The van der Waals surface area contributed by atoms with E-state index in [1.807, 2.05) is 20.8 Å². The lowest BCUT2D eigenvalue weighted by molar-refractivity contribution is 0.455. The van der Waals surface area contributed by atoms with Crippen molar-refractivity contribution >= 4 is 26.9 Å². The third-order valence-electron chi connectivity index (χ3n) is 2.92. The summed E-state index contributed by atoms with van der Waals surface area (Å²) in [6, 6.07) is 3.33. The van der Waals surface area contributed by atoms with Gasteiger partial charge in [-0.2, -0.15) is 0 Å². The van der Waals surface area contributed by atoms with Gasteiger partial charge in [-0.15, -0.1) is 0 Å². The molecule has 0 aliphatic heterocycles. The maximum Gasteiger partial charge on any atom is 0.141 e. The number of hydrogen-bond acceptors (Lipinski definition) is 2. The Kier molecular flexibility index (Phi) is 3.54. The van der Waals surface area contributed by atoms with Gasteiger partial charge < -0.3 is 9.73 Å². The highest BCUT2D eigenvalue weighted by Gasteiger charge is 2.17. The molecule has 0 radical (unpaired) electrons. The van der Waals surface area contributed by atoms with Gasteiger partial charge in [-0.3, -0.25) is 0 Å². The van der Waals surface area contributed by atoms with Crippen LogP contribution < -0.4 is 5.32 Å². The predicted octanol–water partition coefficient (Wildman–Crippen LogP) is 4.31. The Labute approximate surface area is 108 Å². The van der Waals surface area contributed by atoms with Crippen LogP contribution in [0.15, 0.2) is 21.0 Å². The van der Waals surface area contributed by atoms with Crippen molar-refractivity contribution in [2.75, 3.05) is 6.54 Å². The molecule has 0 saturated carbocycles. The number of furan rings is 1. The zero-order chi connectivity index (χ0) is 12.6. The second-order valence-corrected chi connectivity index (χ2v) is 4.99. The maximum absolute atomic E-state index is 13.4. The number of nitrogens with one attached hydrogen (secondary N) is 1. The average Bonchev–Trinajstić information content (AvgIpc) is 2.58. The van der Waals surface area contributed by atoms with Crippen LogP contribution in [0.3, 0.4) is 0 Å². The first-order valence-electron chi connectivity index (χ1n) is 5.66. The molecular weight excluding hydrogens is 285 g/mol. The van der Waals surface area contributed by atoms with Gasteiger partial charge in [-0.05, 0) is 42.4 Å². The van der Waals surface area contributed by atoms with E-state index in [-0.39, 0.29) is 11.9 Å². The van der Waals surface area contributed by atoms with Crippen LogP contribution in [0.25, 0.3) is 11.0 Å². The van der Waals surface area contributed by atoms with Gasteiger partial charge >= 0.3 is 0 Å². The van der Waals surface area contributed by atoms with Gasteiger partial charge in [-0.1, -0.05) is 6.92 Å². The van der Waals surface area contributed by atoms with Crippen molar-refractivity contribution in [3.05, 3.63) is 33.7 Å². The molecular formula is C13H15BrFNO. The summed E-state index contributed by atoms with van der Waals surface area (Å²) in [6.45, 7) is 6.96. The standard InChI is InChI=1S/C13H15BrFNO/c1-4-16-8(3)13-7(2)9-5-10(14)11(15)6-12(9)17-13/h5-6,8,16H,4H2,1-3H3. The molecule has 17 heavy (non-hydrogen) atoms. The Morgan fingerprint density at radius 1 is 1.47 bits per heavy atom. The van der Waals surface area contributed by atoms with Crippen molar-refractivity contribution < 1.29 is 8.81 Å². The van der Waals surface area contributed by atoms with Gasteiger partial charge in [0.15, 0.2) is 0 Å². The number of fused-ring (bicyclic) bond motifs is 1. The summed E-state index contributed by atoms with van der Waals surface area (Å²) in [4.78, 5) is 0. The van der Waals surface area contributed by atoms with E-state index < -0.39 is 0 Å². The zero-order valence-electron chi connectivity index (χ0n) is 10.1. The number of halogens is 2. The van der Waals surface area contributed by atoms with Gasteiger partial charge in [0.25, 0.3) is 0 Å². The van der Waals surface area contributed by atoms with E-state index in [0.717, 1.165) is 23.3 Å². The lowest BCUT2D eigenvalue weighted by atomic mass is 10.1. The highest BCUT2D eigenvalue weighted by atomic mass is 79.9. The summed E-state index contributed by atoms with van der Waals surface area (Å²) in [5.41, 5.74) is 1.66. The van der Waals surface area contributed by atoms with Crippen LogP contribution >= 0.6 is 15.9 Å². The molecule has 0 fully saturated rings. The van der Waals surface area contributed by atoms with E-state index in [4.69, 9.17) is 4.42 Å². The minimum atomic E-state index is -0.297. The Hall–Kier alpha value is -0.870. The average molecular weight is 300 g/mol. The number of benzene rings is 1. The van der Waals surface area contributed by atoms with Gasteiger partial charge in [0.1, 0.15) is 17.2 Å². The highest BCUT2D eigenvalue weighted by molar-refractivity contribution is 9.10. The van der Waals surface area contributed by atoms with Crippen LogP contribution in [0.5, 0.6) is 0 Å². The smallest absolute Gasteiger partial charge is 0.141 e. The van der Waals surface area contributed by atoms with Crippen molar-refractivity contribution in [3.8, 4) is 0 Å². The monoisotopic (exact) mass is 299 g/mol. The fourth-order valence-corrected chi connectivity index (χ4v) is 2.39. The molecule has 92 valence electrons. The molecule has 2 aromatic rings. The lowest BCUT2D eigenvalue weighted by Crippen LogP contribution is -2.17. The molecule has 1 atom stereocenters. The van der Waals surface area contributed by atoms with Crippen LogP contribution in [0, 0.1) is 12.7 Å². The maximum atomic E-state index is 13.4. The van der Waals surface area contributed by atoms with E-state index in [2.05, 4.69) is 21.2 Å². The highest BCUT2D eigenvalue weighted by Crippen LogP contribution is 2.32. The summed E-state index contributed by atoms with van der Waals surface area (Å²) in [7, 11) is 0. The molecule has 2 rings (SSSR count). The summed E-state index contributed by atoms with van der Waals surface area (Å²) in [5, 5.41) is 4.25. The topological polar surface area (TPSA) is 25.2 Å². The molecule has 1 heterocycles. The van der Waals surface area contributed by atoms with Gasteiger partial charge in [-0.25, -0.2) is 4.39 Å². The van der Waals surface area contributed by atoms with Crippen molar-refractivity contribution in [3.63, 3.8) is 0 Å². The molecule has 1 aromatic carbocycles. The summed E-state index contributed by atoms with van der Waals surface area (Å²) >= 11 is 3.20. The molecule has 1 unspecified atom stereocenters. The first kappa shape index (κ1) is 12.6. The quantitative estimate of drug-likeness (QED) is 0.913. The Morgan fingerprint density at radius 2 is 2.18 bits per heavy atom. The minimum absolute atomic E-state index is 0.134. The molecule has 1 N–H and O–H groups in total. The third-order valence-corrected chi connectivity index (χ3v) is 3.53. The second kappa shape index (κ2) is 4.78. The van der Waals surface area contributed by atoms with Crippen molar-refractivity contribution in [1.82, 2.24) is 5.32 Å². The molecule has 2 nitrogen and oxygen atoms in total. The van der Waals surface area contributed by atoms with Crippen LogP contribution in [0.1, 0.15) is 31.2 Å². The van der Waals surface area contributed by atoms with Crippen LogP contribution in [-0.2, 0) is 0 Å². The normalized spacial score (nSPS) is 13.2. The van der Waals surface area contributed by atoms with Crippen molar-refractivity contribution in [2.24, 2.45) is 0 Å². The van der Waals surface area contributed by atoms with Crippen molar-refractivity contribution in [2.45, 2.75) is 26.8 Å². The van der Waals surface area contributed by atoms with E-state index in [1.165, 1.54) is 6.07 Å². The number of hydrogen-bond donors (Lipinski definition) is 1. The molecule has 1 aromatic heterocycles. The molecule has 0 aliphatic rings. The zero-order valence-corrected chi connectivity index (χ0v) is 11.7. The van der Waals surface area contributed by atoms with Gasteiger partial charge in [0.05, 0.1) is 10.5 Å². The third kappa shape index (κ3) is 2.24.